The standard InChI is InChI=1S/C11H15NO2/c1-8-4-6-10(9(2)13)11(7-5-8)12-14-3/h4-8,12H,1-3H3. The minimum Gasteiger partial charge on any atom is -0.294 e. The summed E-state index contributed by atoms with van der Waals surface area (Å²) in [5.74, 6) is 0.361. The van der Waals surface area contributed by atoms with Gasteiger partial charge in [0.25, 0.3) is 0 Å². The van der Waals surface area contributed by atoms with E-state index >= 15 is 0 Å². The Balaban J connectivity index is 3.04. The van der Waals surface area contributed by atoms with Crippen LogP contribution in [0.5, 0.6) is 0 Å². The number of hydrogen-bond donors (Lipinski definition) is 1. The monoisotopic (exact) mass is 193 g/mol. The highest BCUT2D eigenvalue weighted by molar-refractivity contribution is 5.97. The van der Waals surface area contributed by atoms with E-state index in [1.165, 1.54) is 7.11 Å². The van der Waals surface area contributed by atoms with Crippen molar-refractivity contribution >= 4 is 5.78 Å². The SMILES string of the molecule is CONC1=C(C(C)=O)C=CC(C)C=C1. The molecule has 76 valence electrons. The van der Waals surface area contributed by atoms with Crippen molar-refractivity contribution in [1.82, 2.24) is 5.48 Å². The molecule has 0 saturated heterocycles. The van der Waals surface area contributed by atoms with Gasteiger partial charge in [0.2, 0.25) is 0 Å². The van der Waals surface area contributed by atoms with E-state index in [9.17, 15) is 4.79 Å². The number of Topliss-reactive ketones (excluding diaryl/α,β-unsaturated/α-hetero) is 1. The second kappa shape index (κ2) is 4.77. The van der Waals surface area contributed by atoms with Crippen molar-refractivity contribution in [2.75, 3.05) is 7.11 Å². The summed E-state index contributed by atoms with van der Waals surface area (Å²) in [5, 5.41) is 0. The van der Waals surface area contributed by atoms with Gasteiger partial charge in [0.15, 0.2) is 5.78 Å². The average molecular weight is 193 g/mol. The number of rotatable bonds is 3. The molecule has 0 aromatic carbocycles. The van der Waals surface area contributed by atoms with Gasteiger partial charge in [-0.05, 0) is 18.9 Å². The van der Waals surface area contributed by atoms with E-state index in [0.29, 0.717) is 17.2 Å². The molecule has 1 aliphatic carbocycles. The van der Waals surface area contributed by atoms with Crippen LogP contribution >= 0.6 is 0 Å². The van der Waals surface area contributed by atoms with Crippen LogP contribution in [-0.4, -0.2) is 12.9 Å². The van der Waals surface area contributed by atoms with Gasteiger partial charge < -0.3 is 0 Å². The van der Waals surface area contributed by atoms with E-state index in [-0.39, 0.29) is 5.78 Å². The zero-order valence-electron chi connectivity index (χ0n) is 8.70. The topological polar surface area (TPSA) is 38.3 Å². The normalized spacial score (nSPS) is 20.9. The van der Waals surface area contributed by atoms with Gasteiger partial charge in [0, 0.05) is 5.57 Å². The molecule has 0 aromatic heterocycles. The second-order valence-corrected chi connectivity index (χ2v) is 3.27. The van der Waals surface area contributed by atoms with Gasteiger partial charge in [0.1, 0.15) is 0 Å². The van der Waals surface area contributed by atoms with Crippen molar-refractivity contribution in [3.8, 4) is 0 Å². The van der Waals surface area contributed by atoms with E-state index in [2.05, 4.69) is 12.4 Å². The zero-order chi connectivity index (χ0) is 10.6. The Morgan fingerprint density at radius 2 is 2.07 bits per heavy atom. The minimum atomic E-state index is 0.0274. The molecule has 0 heterocycles. The summed E-state index contributed by atoms with van der Waals surface area (Å²) in [6.45, 7) is 3.60. The van der Waals surface area contributed by atoms with Crippen molar-refractivity contribution in [3.05, 3.63) is 35.6 Å². The molecule has 14 heavy (non-hydrogen) atoms. The van der Waals surface area contributed by atoms with Crippen molar-refractivity contribution in [2.45, 2.75) is 13.8 Å². The Labute approximate surface area is 84.1 Å². The summed E-state index contributed by atoms with van der Waals surface area (Å²) in [7, 11) is 1.52. The second-order valence-electron chi connectivity index (χ2n) is 3.27. The molecule has 0 radical (unpaired) electrons. The molecule has 0 aromatic rings. The maximum Gasteiger partial charge on any atom is 0.161 e. The van der Waals surface area contributed by atoms with Gasteiger partial charge in [-0.3, -0.25) is 15.1 Å². The Morgan fingerprint density at radius 1 is 1.43 bits per heavy atom. The highest BCUT2D eigenvalue weighted by Crippen LogP contribution is 2.14. The fourth-order valence-electron chi connectivity index (χ4n) is 1.25. The van der Waals surface area contributed by atoms with Crippen LogP contribution in [0.1, 0.15) is 13.8 Å². The van der Waals surface area contributed by atoms with E-state index < -0.39 is 0 Å². The Kier molecular flexibility index (Phi) is 3.65. The smallest absolute Gasteiger partial charge is 0.161 e. The maximum atomic E-state index is 11.3. The lowest BCUT2D eigenvalue weighted by Gasteiger charge is -2.06. The fraction of sp³-hybridized carbons (Fsp3) is 0.364. The van der Waals surface area contributed by atoms with Crippen LogP contribution < -0.4 is 5.48 Å². The molecule has 1 N–H and O–H groups in total. The van der Waals surface area contributed by atoms with Gasteiger partial charge in [-0.15, -0.1) is 0 Å². The molecule has 0 saturated carbocycles. The van der Waals surface area contributed by atoms with E-state index in [1.807, 2.05) is 24.3 Å². The first-order valence-electron chi connectivity index (χ1n) is 4.55. The minimum absolute atomic E-state index is 0.0274. The molecule has 3 nitrogen and oxygen atoms in total. The molecule has 1 rings (SSSR count). The van der Waals surface area contributed by atoms with E-state index in [4.69, 9.17) is 4.84 Å². The first-order valence-corrected chi connectivity index (χ1v) is 4.55. The van der Waals surface area contributed by atoms with Gasteiger partial charge >= 0.3 is 0 Å². The van der Waals surface area contributed by atoms with Crippen LogP contribution in [0.25, 0.3) is 0 Å². The Morgan fingerprint density at radius 3 is 2.64 bits per heavy atom. The van der Waals surface area contributed by atoms with Gasteiger partial charge in [-0.25, -0.2) is 0 Å². The Bertz CT molecular complexity index is 313. The van der Waals surface area contributed by atoms with Crippen molar-refractivity contribution in [1.29, 1.82) is 0 Å². The molecule has 3 heteroatoms. The third kappa shape index (κ3) is 2.57. The predicted molar refractivity (Wildman–Crippen MR) is 55.3 cm³/mol. The van der Waals surface area contributed by atoms with Crippen LogP contribution in [0.15, 0.2) is 35.6 Å². The summed E-state index contributed by atoms with van der Waals surface area (Å²) in [6.07, 6.45) is 7.69. The summed E-state index contributed by atoms with van der Waals surface area (Å²) in [4.78, 5) is 16.1. The lowest BCUT2D eigenvalue weighted by molar-refractivity contribution is -0.113. The molecule has 0 fully saturated rings. The molecular formula is C11H15NO2. The first-order chi connectivity index (χ1) is 6.65. The number of hydrogen-bond acceptors (Lipinski definition) is 3. The van der Waals surface area contributed by atoms with Crippen molar-refractivity contribution in [2.24, 2.45) is 5.92 Å². The number of carbonyl (C=O) groups is 1. The average Bonchev–Trinajstić information content (AvgIpc) is 2.29. The summed E-state index contributed by atoms with van der Waals surface area (Å²) in [6, 6.07) is 0. The molecule has 1 unspecified atom stereocenters. The summed E-state index contributed by atoms with van der Waals surface area (Å²) >= 11 is 0. The summed E-state index contributed by atoms with van der Waals surface area (Å²) in [5.41, 5.74) is 4.05. The van der Waals surface area contributed by atoms with Gasteiger partial charge in [-0.1, -0.05) is 25.2 Å². The molecule has 0 bridgehead atoms. The zero-order valence-corrected chi connectivity index (χ0v) is 8.70. The first kappa shape index (κ1) is 10.7. The number of carbonyl (C=O) groups excluding carboxylic acids is 1. The summed E-state index contributed by atoms with van der Waals surface area (Å²) < 4.78 is 0. The third-order valence-corrected chi connectivity index (χ3v) is 2.01. The Hall–Kier alpha value is -1.35. The largest absolute Gasteiger partial charge is 0.294 e. The quantitative estimate of drug-likeness (QED) is 0.694. The van der Waals surface area contributed by atoms with Crippen LogP contribution in [-0.2, 0) is 9.63 Å². The molecule has 1 aliphatic rings. The van der Waals surface area contributed by atoms with Gasteiger partial charge in [0.05, 0.1) is 12.8 Å². The van der Waals surface area contributed by atoms with Gasteiger partial charge in [-0.2, -0.15) is 0 Å². The van der Waals surface area contributed by atoms with Crippen LogP contribution in [0.3, 0.4) is 0 Å². The predicted octanol–water partition coefficient (Wildman–Crippen LogP) is 1.74. The highest BCUT2D eigenvalue weighted by atomic mass is 16.6. The maximum absolute atomic E-state index is 11.3. The molecule has 1 atom stereocenters. The number of ketones is 1. The fourth-order valence-corrected chi connectivity index (χ4v) is 1.25. The lowest BCUT2D eigenvalue weighted by atomic mass is 10.1. The highest BCUT2D eigenvalue weighted by Gasteiger charge is 2.09. The van der Waals surface area contributed by atoms with E-state index in [0.717, 1.165) is 0 Å². The molecule has 0 spiro atoms. The van der Waals surface area contributed by atoms with Crippen molar-refractivity contribution < 1.29 is 9.63 Å². The van der Waals surface area contributed by atoms with Crippen LogP contribution in [0.2, 0.25) is 0 Å². The molecule has 0 amide bonds. The van der Waals surface area contributed by atoms with E-state index in [1.54, 1.807) is 6.92 Å². The molecule has 0 aliphatic heterocycles. The lowest BCUT2D eigenvalue weighted by Crippen LogP contribution is -2.13. The van der Waals surface area contributed by atoms with Crippen LogP contribution in [0.4, 0.5) is 0 Å². The number of nitrogens with one attached hydrogen (secondary N) is 1. The molecular weight excluding hydrogens is 178 g/mol. The number of hydroxylamine groups is 1. The number of allylic oxidation sites excluding steroid dienone is 5. The van der Waals surface area contributed by atoms with Crippen molar-refractivity contribution in [3.63, 3.8) is 0 Å². The van der Waals surface area contributed by atoms with Crippen LogP contribution in [0, 0.1) is 5.92 Å². The third-order valence-electron chi connectivity index (χ3n) is 2.01.